The van der Waals surface area contributed by atoms with E-state index < -0.39 is 5.60 Å². The second-order valence-electron chi connectivity index (χ2n) is 12.0. The molecule has 7 nitrogen and oxygen atoms in total. The third kappa shape index (κ3) is 8.20. The number of pyridine rings is 1. The maximum Gasteiger partial charge on any atom is 0.407 e. The van der Waals surface area contributed by atoms with E-state index in [-0.39, 0.29) is 17.9 Å². The van der Waals surface area contributed by atoms with Crippen molar-refractivity contribution >= 4 is 23.5 Å². The van der Waals surface area contributed by atoms with Crippen LogP contribution >= 0.6 is 0 Å². The molecule has 1 saturated heterocycles. The smallest absolute Gasteiger partial charge is 0.407 e. The van der Waals surface area contributed by atoms with Crippen LogP contribution in [0.5, 0.6) is 0 Å². The maximum atomic E-state index is 12.9. The van der Waals surface area contributed by atoms with Crippen LogP contribution < -0.4 is 15.5 Å². The number of anilines is 2. The Labute approximate surface area is 227 Å². The van der Waals surface area contributed by atoms with Gasteiger partial charge >= 0.3 is 6.09 Å². The predicted octanol–water partition coefficient (Wildman–Crippen LogP) is 6.43. The van der Waals surface area contributed by atoms with Crippen LogP contribution in [0.1, 0.15) is 82.8 Å². The molecule has 2 N–H and O–H groups in total. The summed E-state index contributed by atoms with van der Waals surface area (Å²) in [7, 11) is 0. The van der Waals surface area contributed by atoms with Gasteiger partial charge < -0.3 is 20.3 Å². The number of hydrogen-bond acceptors (Lipinski definition) is 5. The summed E-state index contributed by atoms with van der Waals surface area (Å²) < 4.78 is 5.28. The molecule has 2 fully saturated rings. The number of amides is 2. The van der Waals surface area contributed by atoms with Crippen molar-refractivity contribution in [2.45, 2.75) is 84.2 Å². The van der Waals surface area contributed by atoms with Crippen molar-refractivity contribution in [3.8, 4) is 0 Å². The van der Waals surface area contributed by atoms with E-state index in [2.05, 4.69) is 51.7 Å². The average Bonchev–Trinajstić information content (AvgIpc) is 3.36. The van der Waals surface area contributed by atoms with Crippen molar-refractivity contribution in [1.29, 1.82) is 0 Å². The van der Waals surface area contributed by atoms with Gasteiger partial charge in [0.2, 0.25) is 5.91 Å². The van der Waals surface area contributed by atoms with Crippen LogP contribution in [0.15, 0.2) is 42.6 Å². The summed E-state index contributed by atoms with van der Waals surface area (Å²) in [5.74, 6) is 2.29. The Balaban J connectivity index is 1.16. The summed E-state index contributed by atoms with van der Waals surface area (Å²) in [6.45, 7) is 10.3. The summed E-state index contributed by atoms with van der Waals surface area (Å²) in [5.41, 5.74) is 2.98. The average molecular weight is 521 g/mol. The Morgan fingerprint density at radius 2 is 1.76 bits per heavy atom. The van der Waals surface area contributed by atoms with Gasteiger partial charge in [-0.2, -0.15) is 0 Å². The van der Waals surface area contributed by atoms with Crippen LogP contribution in [-0.4, -0.2) is 42.2 Å². The van der Waals surface area contributed by atoms with E-state index in [9.17, 15) is 9.59 Å². The molecule has 1 aliphatic carbocycles. The number of carbonyl (C=O) groups excluding carboxylic acids is 2. The van der Waals surface area contributed by atoms with Gasteiger partial charge in [-0.25, -0.2) is 9.78 Å². The lowest BCUT2D eigenvalue weighted by atomic mass is 9.78. The maximum absolute atomic E-state index is 12.9. The number of aryl methyl sites for hydroxylation is 1. The third-order valence-corrected chi connectivity index (χ3v) is 7.73. The van der Waals surface area contributed by atoms with E-state index in [1.807, 2.05) is 32.9 Å². The van der Waals surface area contributed by atoms with E-state index >= 15 is 0 Å². The molecule has 0 unspecified atom stereocenters. The number of rotatable bonds is 8. The first-order valence-electron chi connectivity index (χ1n) is 14.2. The van der Waals surface area contributed by atoms with Crippen molar-refractivity contribution < 1.29 is 14.3 Å². The zero-order valence-electron chi connectivity index (χ0n) is 23.5. The van der Waals surface area contributed by atoms with Crippen molar-refractivity contribution in [2.75, 3.05) is 29.9 Å². The van der Waals surface area contributed by atoms with Gasteiger partial charge in [0.25, 0.3) is 0 Å². The summed E-state index contributed by atoms with van der Waals surface area (Å²) in [6, 6.07) is 12.8. The molecule has 2 aromatic rings. The molecule has 1 aromatic carbocycles. The van der Waals surface area contributed by atoms with Crippen molar-refractivity contribution in [3.63, 3.8) is 0 Å². The second-order valence-corrected chi connectivity index (χ2v) is 12.0. The van der Waals surface area contributed by atoms with E-state index in [1.54, 1.807) is 6.20 Å². The minimum Gasteiger partial charge on any atom is -0.444 e. The van der Waals surface area contributed by atoms with Gasteiger partial charge in [0.15, 0.2) is 0 Å². The Morgan fingerprint density at radius 3 is 2.42 bits per heavy atom. The van der Waals surface area contributed by atoms with Crippen molar-refractivity contribution in [1.82, 2.24) is 10.3 Å². The second kappa shape index (κ2) is 12.6. The molecule has 38 heavy (non-hydrogen) atoms. The largest absolute Gasteiger partial charge is 0.444 e. The number of carbonyl (C=O) groups is 2. The van der Waals surface area contributed by atoms with Gasteiger partial charge in [-0.15, -0.1) is 0 Å². The summed E-state index contributed by atoms with van der Waals surface area (Å²) in [4.78, 5) is 31.6. The van der Waals surface area contributed by atoms with E-state index in [0.29, 0.717) is 18.4 Å². The molecule has 1 saturated carbocycles. The molecular weight excluding hydrogens is 476 g/mol. The lowest BCUT2D eigenvalue weighted by Gasteiger charge is -2.28. The number of hydrogen-bond donors (Lipinski definition) is 2. The van der Waals surface area contributed by atoms with Gasteiger partial charge in [0.1, 0.15) is 11.4 Å². The number of alkyl carbamates (subject to hydrolysis) is 1. The normalized spacial score (nSPS) is 21.7. The SMILES string of the molecule is Cc1ccc(C2CCC(C(=O)Nc3ccc(N4CC[C@H](CCCNC(=O)OC(C)(C)C)C4)nc3)CC2)cc1. The highest BCUT2D eigenvalue weighted by molar-refractivity contribution is 5.92. The molecule has 7 heteroatoms. The van der Waals surface area contributed by atoms with Crippen molar-refractivity contribution in [2.24, 2.45) is 11.8 Å². The standard InChI is InChI=1S/C31H44N4O3/c1-22-7-9-24(10-8-22)25-11-13-26(14-12-25)29(36)34-27-15-16-28(33-20-27)35-19-17-23(21-35)6-5-18-32-30(37)38-31(2,3)4/h7-10,15-16,20,23,25-26H,5-6,11-14,17-19,21H2,1-4H3,(H,32,37)(H,34,36)/t23-,25?,26?/m0/s1. The molecule has 1 aliphatic heterocycles. The van der Waals surface area contributed by atoms with Crippen LogP contribution in [0.3, 0.4) is 0 Å². The third-order valence-electron chi connectivity index (χ3n) is 7.73. The predicted molar refractivity (Wildman–Crippen MR) is 153 cm³/mol. The first kappa shape index (κ1) is 27.9. The number of nitrogens with zero attached hydrogens (tertiary/aromatic N) is 2. The number of ether oxygens (including phenoxy) is 1. The quantitative estimate of drug-likeness (QED) is 0.392. The molecular formula is C31H44N4O3. The highest BCUT2D eigenvalue weighted by Crippen LogP contribution is 2.36. The molecule has 0 spiro atoms. The first-order valence-corrected chi connectivity index (χ1v) is 14.2. The fourth-order valence-corrected chi connectivity index (χ4v) is 5.59. The highest BCUT2D eigenvalue weighted by Gasteiger charge is 2.28. The lowest BCUT2D eigenvalue weighted by molar-refractivity contribution is -0.120. The number of aromatic nitrogens is 1. The van der Waals surface area contributed by atoms with Crippen LogP contribution in [-0.2, 0) is 9.53 Å². The van der Waals surface area contributed by atoms with Crippen molar-refractivity contribution in [3.05, 3.63) is 53.7 Å². The number of benzene rings is 1. The monoisotopic (exact) mass is 520 g/mol. The Bertz CT molecular complexity index is 1050. The molecule has 2 heterocycles. The van der Waals surface area contributed by atoms with Gasteiger partial charge in [-0.1, -0.05) is 29.8 Å². The fraction of sp³-hybridized carbons (Fsp3) is 0.581. The van der Waals surface area contributed by atoms with Gasteiger partial charge in [0.05, 0.1) is 11.9 Å². The molecule has 2 aliphatic rings. The van der Waals surface area contributed by atoms with Crippen LogP contribution in [0.4, 0.5) is 16.3 Å². The topological polar surface area (TPSA) is 83.6 Å². The van der Waals surface area contributed by atoms with E-state index in [0.717, 1.165) is 69.5 Å². The highest BCUT2D eigenvalue weighted by atomic mass is 16.6. The summed E-state index contributed by atoms with van der Waals surface area (Å²) in [6.07, 6.45) is 8.53. The summed E-state index contributed by atoms with van der Waals surface area (Å²) in [5, 5.41) is 5.93. The number of nitrogens with one attached hydrogen (secondary N) is 2. The van der Waals surface area contributed by atoms with E-state index in [1.165, 1.54) is 11.1 Å². The first-order chi connectivity index (χ1) is 18.2. The molecule has 4 rings (SSSR count). The molecule has 2 amide bonds. The van der Waals surface area contributed by atoms with Crippen LogP contribution in [0.2, 0.25) is 0 Å². The molecule has 1 atom stereocenters. The Morgan fingerprint density at radius 1 is 1.03 bits per heavy atom. The Hall–Kier alpha value is -3.09. The van der Waals surface area contributed by atoms with Gasteiger partial charge in [0, 0.05) is 25.6 Å². The molecule has 1 aromatic heterocycles. The molecule has 0 radical (unpaired) electrons. The van der Waals surface area contributed by atoms with E-state index in [4.69, 9.17) is 4.74 Å². The van der Waals surface area contributed by atoms with Crippen LogP contribution in [0, 0.1) is 18.8 Å². The molecule has 0 bridgehead atoms. The van der Waals surface area contributed by atoms with Gasteiger partial charge in [-0.3, -0.25) is 4.79 Å². The minimum absolute atomic E-state index is 0.0699. The van der Waals surface area contributed by atoms with Gasteiger partial charge in [-0.05, 0) is 102 Å². The summed E-state index contributed by atoms with van der Waals surface area (Å²) >= 11 is 0. The zero-order valence-corrected chi connectivity index (χ0v) is 23.5. The zero-order chi connectivity index (χ0) is 27.1. The van der Waals surface area contributed by atoms with Crippen LogP contribution in [0.25, 0.3) is 0 Å². The lowest BCUT2D eigenvalue weighted by Crippen LogP contribution is -2.33. The fourth-order valence-electron chi connectivity index (χ4n) is 5.59. The Kier molecular flexibility index (Phi) is 9.29. The minimum atomic E-state index is -0.469. The molecule has 206 valence electrons.